The molecule has 2 aromatic heterocycles. The molecule has 1 aliphatic heterocycles. The largest absolute Gasteiger partial charge is 0.481 e. The number of fused-ring (bicyclic) bond motifs is 1. The summed E-state index contributed by atoms with van der Waals surface area (Å²) in [6.45, 7) is 0.614. The Morgan fingerprint density at radius 2 is 2.12 bits per heavy atom. The van der Waals surface area contributed by atoms with Gasteiger partial charge in [-0.3, -0.25) is 19.0 Å². The molecule has 2 atom stereocenters. The van der Waals surface area contributed by atoms with Crippen LogP contribution in [0.1, 0.15) is 12.8 Å². The minimum absolute atomic E-state index is 0.0423. The Morgan fingerprint density at radius 1 is 1.33 bits per heavy atom. The fourth-order valence-corrected chi connectivity index (χ4v) is 4.27. The molecule has 0 unspecified atom stereocenters. The van der Waals surface area contributed by atoms with Crippen molar-refractivity contribution in [1.82, 2.24) is 14.5 Å². The number of likely N-dealkylation sites (tertiary alicyclic amines) is 1. The maximum absolute atomic E-state index is 12.5. The molecular weight excluding hydrogens is 330 g/mol. The summed E-state index contributed by atoms with van der Waals surface area (Å²) < 4.78 is 1.30. The third-order valence-electron chi connectivity index (χ3n) is 5.02. The van der Waals surface area contributed by atoms with Crippen molar-refractivity contribution < 1.29 is 14.7 Å². The van der Waals surface area contributed by atoms with Crippen molar-refractivity contribution in [2.75, 3.05) is 13.1 Å². The lowest BCUT2D eigenvalue weighted by molar-refractivity contribution is -0.142. The van der Waals surface area contributed by atoms with Gasteiger partial charge in [0.15, 0.2) is 0 Å². The molecule has 126 valence electrons. The third-order valence-corrected chi connectivity index (χ3v) is 5.84. The average Bonchev–Trinajstić information content (AvgIpc) is 3.11. The van der Waals surface area contributed by atoms with Crippen LogP contribution < -0.4 is 5.56 Å². The zero-order valence-corrected chi connectivity index (χ0v) is 13.7. The van der Waals surface area contributed by atoms with Crippen LogP contribution in [0.25, 0.3) is 10.2 Å². The lowest BCUT2D eigenvalue weighted by Gasteiger charge is -2.16. The molecule has 2 fully saturated rings. The number of amides is 1. The summed E-state index contributed by atoms with van der Waals surface area (Å²) in [5.74, 6) is -1.07. The first-order chi connectivity index (χ1) is 11.5. The number of carbonyl (C=O) groups is 2. The van der Waals surface area contributed by atoms with E-state index in [1.54, 1.807) is 16.3 Å². The second kappa shape index (κ2) is 5.70. The van der Waals surface area contributed by atoms with Crippen LogP contribution in [0, 0.1) is 17.8 Å². The molecule has 1 N–H and O–H groups in total. The summed E-state index contributed by atoms with van der Waals surface area (Å²) in [7, 11) is 0. The Labute approximate surface area is 141 Å². The zero-order valence-electron chi connectivity index (χ0n) is 12.9. The first-order valence-corrected chi connectivity index (χ1v) is 8.86. The summed E-state index contributed by atoms with van der Waals surface area (Å²) in [4.78, 5) is 42.8. The number of aliphatic carboxylic acids is 1. The Balaban J connectivity index is 1.52. The Kier molecular flexibility index (Phi) is 3.64. The number of carboxylic acid groups (broad SMARTS) is 1. The molecule has 2 aromatic rings. The van der Waals surface area contributed by atoms with Crippen LogP contribution in [0.2, 0.25) is 0 Å². The first-order valence-electron chi connectivity index (χ1n) is 7.98. The normalized spacial score (nSPS) is 23.8. The molecule has 7 nitrogen and oxygen atoms in total. The first kappa shape index (κ1) is 15.3. The predicted octanol–water partition coefficient (Wildman–Crippen LogP) is 1.03. The van der Waals surface area contributed by atoms with Gasteiger partial charge in [-0.2, -0.15) is 0 Å². The van der Waals surface area contributed by atoms with E-state index in [4.69, 9.17) is 0 Å². The van der Waals surface area contributed by atoms with E-state index in [1.165, 1.54) is 22.2 Å². The summed E-state index contributed by atoms with van der Waals surface area (Å²) in [6.07, 6.45) is 3.49. The number of hydrogen-bond donors (Lipinski definition) is 1. The third kappa shape index (κ3) is 2.60. The number of carboxylic acids is 1. The number of nitrogens with zero attached hydrogens (tertiary/aromatic N) is 3. The molecule has 1 aliphatic carbocycles. The molecule has 24 heavy (non-hydrogen) atoms. The van der Waals surface area contributed by atoms with Crippen LogP contribution in [0.15, 0.2) is 22.6 Å². The van der Waals surface area contributed by atoms with Gasteiger partial charge in [0.05, 0.1) is 17.6 Å². The van der Waals surface area contributed by atoms with Gasteiger partial charge in [0, 0.05) is 13.1 Å². The quantitative estimate of drug-likeness (QED) is 0.892. The highest BCUT2D eigenvalue weighted by Crippen LogP contribution is 2.44. The van der Waals surface area contributed by atoms with Gasteiger partial charge in [0.1, 0.15) is 11.4 Å². The molecule has 8 heteroatoms. The maximum Gasteiger partial charge on any atom is 0.308 e. The number of hydrogen-bond acceptors (Lipinski definition) is 5. The van der Waals surface area contributed by atoms with Crippen molar-refractivity contribution in [2.45, 2.75) is 19.4 Å². The van der Waals surface area contributed by atoms with E-state index >= 15 is 0 Å². The average molecular weight is 347 g/mol. The second-order valence-corrected chi connectivity index (χ2v) is 7.46. The second-order valence-electron chi connectivity index (χ2n) is 6.56. The van der Waals surface area contributed by atoms with Gasteiger partial charge in [0.25, 0.3) is 5.56 Å². The minimum atomic E-state index is -0.833. The van der Waals surface area contributed by atoms with E-state index in [9.17, 15) is 19.5 Å². The number of rotatable bonds is 4. The Morgan fingerprint density at radius 3 is 2.83 bits per heavy atom. The topological polar surface area (TPSA) is 92.5 Å². The summed E-state index contributed by atoms with van der Waals surface area (Å²) in [5, 5.41) is 11.7. The summed E-state index contributed by atoms with van der Waals surface area (Å²) >= 11 is 1.38. The van der Waals surface area contributed by atoms with Crippen LogP contribution in [0.4, 0.5) is 0 Å². The molecule has 0 spiro atoms. The summed E-state index contributed by atoms with van der Waals surface area (Å²) in [5.41, 5.74) is -0.234. The molecule has 1 amide bonds. The predicted molar refractivity (Wildman–Crippen MR) is 87.8 cm³/mol. The molecule has 1 saturated heterocycles. The molecule has 1 saturated carbocycles. The molecule has 0 bridgehead atoms. The van der Waals surface area contributed by atoms with Gasteiger partial charge in [-0.05, 0) is 36.1 Å². The smallest absolute Gasteiger partial charge is 0.308 e. The number of aromatic nitrogens is 2. The monoisotopic (exact) mass is 347 g/mol. The van der Waals surface area contributed by atoms with Crippen LogP contribution in [-0.4, -0.2) is 44.5 Å². The minimum Gasteiger partial charge on any atom is -0.481 e. The van der Waals surface area contributed by atoms with Crippen molar-refractivity contribution in [2.24, 2.45) is 17.8 Å². The van der Waals surface area contributed by atoms with Crippen LogP contribution in [0.5, 0.6) is 0 Å². The van der Waals surface area contributed by atoms with E-state index in [0.717, 1.165) is 12.8 Å². The highest BCUT2D eigenvalue weighted by atomic mass is 32.1. The van der Waals surface area contributed by atoms with Gasteiger partial charge < -0.3 is 10.0 Å². The van der Waals surface area contributed by atoms with Gasteiger partial charge in [-0.15, -0.1) is 11.3 Å². The van der Waals surface area contributed by atoms with Gasteiger partial charge in [0.2, 0.25) is 5.91 Å². The number of thiophene rings is 1. The molecule has 3 heterocycles. The Hall–Kier alpha value is -2.22. The van der Waals surface area contributed by atoms with Crippen LogP contribution >= 0.6 is 11.3 Å². The van der Waals surface area contributed by atoms with Crippen molar-refractivity contribution in [3.8, 4) is 0 Å². The molecule has 2 aliphatic rings. The van der Waals surface area contributed by atoms with E-state index in [2.05, 4.69) is 4.98 Å². The number of carbonyl (C=O) groups excluding carboxylic acids is 1. The summed E-state index contributed by atoms with van der Waals surface area (Å²) in [6, 6.07) is 1.70. The standard InChI is InChI=1S/C16H17N3O4S/c20-13(7-19-8-17-14-10(15(19)21)3-4-24-14)18-5-11(9-1-2-9)12(6-18)16(22)23/h3-4,8-9,11-12H,1-2,5-7H2,(H,22,23)/t11-,12+/m1/s1. The lowest BCUT2D eigenvalue weighted by atomic mass is 9.92. The van der Waals surface area contributed by atoms with Crippen molar-refractivity contribution in [1.29, 1.82) is 0 Å². The fourth-order valence-electron chi connectivity index (χ4n) is 3.55. The zero-order chi connectivity index (χ0) is 16.8. The molecule has 4 rings (SSSR count). The van der Waals surface area contributed by atoms with E-state index in [1.807, 2.05) is 0 Å². The Bertz CT molecular complexity index is 870. The fraction of sp³-hybridized carbons (Fsp3) is 0.500. The van der Waals surface area contributed by atoms with Gasteiger partial charge >= 0.3 is 5.97 Å². The van der Waals surface area contributed by atoms with E-state index < -0.39 is 11.9 Å². The molecule has 0 aromatic carbocycles. The molecular formula is C16H17N3O4S. The van der Waals surface area contributed by atoms with Crippen molar-refractivity contribution >= 4 is 33.4 Å². The van der Waals surface area contributed by atoms with E-state index in [0.29, 0.717) is 22.7 Å². The van der Waals surface area contributed by atoms with Crippen molar-refractivity contribution in [3.05, 3.63) is 28.1 Å². The SMILES string of the molecule is O=C(O)[C@H]1CN(C(=O)Cn2cnc3sccc3c2=O)C[C@@H]1C1CC1. The highest BCUT2D eigenvalue weighted by Gasteiger charge is 2.46. The molecule has 0 radical (unpaired) electrons. The maximum atomic E-state index is 12.5. The van der Waals surface area contributed by atoms with Crippen LogP contribution in [0.3, 0.4) is 0 Å². The van der Waals surface area contributed by atoms with Crippen molar-refractivity contribution in [3.63, 3.8) is 0 Å². The lowest BCUT2D eigenvalue weighted by Crippen LogP contribution is -2.35. The van der Waals surface area contributed by atoms with Gasteiger partial charge in [-0.1, -0.05) is 0 Å². The van der Waals surface area contributed by atoms with E-state index in [-0.39, 0.29) is 30.5 Å². The highest BCUT2D eigenvalue weighted by molar-refractivity contribution is 7.16. The van der Waals surface area contributed by atoms with Crippen LogP contribution in [-0.2, 0) is 16.1 Å². The van der Waals surface area contributed by atoms with Gasteiger partial charge in [-0.25, -0.2) is 4.98 Å².